The number of aromatic nitrogens is 1. The van der Waals surface area contributed by atoms with Crippen LogP contribution in [0.1, 0.15) is 10.4 Å². The summed E-state index contributed by atoms with van der Waals surface area (Å²) >= 11 is 0. The standard InChI is InChI=1S/C22H23N3O6S/c1-29-14-15-31-22-20(4-3-13-23-22)24-21(26)16-5-11-19(12-6-16)32(27,28)25-17-7-9-18(30-2)10-8-17/h3-13,25H,14-15H2,1-2H3,(H,24,26). The maximum absolute atomic E-state index is 12.6. The number of amides is 1. The average Bonchev–Trinajstić information content (AvgIpc) is 2.80. The van der Waals surface area contributed by atoms with E-state index >= 15 is 0 Å². The lowest BCUT2D eigenvalue weighted by Crippen LogP contribution is -2.16. The second kappa shape index (κ2) is 10.6. The summed E-state index contributed by atoms with van der Waals surface area (Å²) in [5.41, 5.74) is 1.07. The fourth-order valence-electron chi connectivity index (χ4n) is 2.68. The number of hydrogen-bond acceptors (Lipinski definition) is 7. The monoisotopic (exact) mass is 457 g/mol. The van der Waals surface area contributed by atoms with Crippen LogP contribution in [0.15, 0.2) is 71.8 Å². The molecule has 0 saturated carbocycles. The minimum Gasteiger partial charge on any atom is -0.497 e. The zero-order chi connectivity index (χ0) is 23.0. The summed E-state index contributed by atoms with van der Waals surface area (Å²) in [7, 11) is -0.734. The summed E-state index contributed by atoms with van der Waals surface area (Å²) in [6, 6.07) is 15.4. The Hall–Kier alpha value is -3.63. The maximum Gasteiger partial charge on any atom is 0.261 e. The second-order valence-corrected chi connectivity index (χ2v) is 8.19. The minimum atomic E-state index is -3.82. The van der Waals surface area contributed by atoms with Gasteiger partial charge in [-0.3, -0.25) is 9.52 Å². The number of carbonyl (C=O) groups is 1. The Morgan fingerprint density at radius 3 is 2.34 bits per heavy atom. The highest BCUT2D eigenvalue weighted by atomic mass is 32.2. The topological polar surface area (TPSA) is 116 Å². The minimum absolute atomic E-state index is 0.0230. The summed E-state index contributed by atoms with van der Waals surface area (Å²) in [4.78, 5) is 16.7. The van der Waals surface area contributed by atoms with Gasteiger partial charge in [-0.2, -0.15) is 0 Å². The molecule has 10 heteroatoms. The van der Waals surface area contributed by atoms with Crippen molar-refractivity contribution in [3.05, 3.63) is 72.4 Å². The zero-order valence-corrected chi connectivity index (χ0v) is 18.4. The van der Waals surface area contributed by atoms with Gasteiger partial charge >= 0.3 is 0 Å². The van der Waals surface area contributed by atoms with Crippen LogP contribution in [-0.2, 0) is 14.8 Å². The molecular weight excluding hydrogens is 434 g/mol. The van der Waals surface area contributed by atoms with Crippen molar-refractivity contribution in [1.82, 2.24) is 4.98 Å². The molecule has 0 radical (unpaired) electrons. The molecule has 0 unspecified atom stereocenters. The van der Waals surface area contributed by atoms with Crippen molar-refractivity contribution in [2.24, 2.45) is 0 Å². The lowest BCUT2D eigenvalue weighted by molar-refractivity contribution is 0.102. The van der Waals surface area contributed by atoms with Crippen LogP contribution in [-0.4, -0.2) is 46.7 Å². The van der Waals surface area contributed by atoms with E-state index in [1.807, 2.05) is 0 Å². The molecule has 32 heavy (non-hydrogen) atoms. The summed E-state index contributed by atoms with van der Waals surface area (Å²) < 4.78 is 43.2. The molecule has 0 saturated heterocycles. The molecule has 0 atom stereocenters. The van der Waals surface area contributed by atoms with Gasteiger partial charge in [0.15, 0.2) is 0 Å². The predicted octanol–water partition coefficient (Wildman–Crippen LogP) is 3.17. The molecule has 2 N–H and O–H groups in total. The number of benzene rings is 2. The molecule has 1 aromatic heterocycles. The molecule has 0 bridgehead atoms. The first-order valence-corrected chi connectivity index (χ1v) is 11.1. The summed E-state index contributed by atoms with van der Waals surface area (Å²) in [6.07, 6.45) is 1.55. The highest BCUT2D eigenvalue weighted by Crippen LogP contribution is 2.23. The van der Waals surface area contributed by atoms with Gasteiger partial charge in [-0.05, 0) is 60.7 Å². The van der Waals surface area contributed by atoms with Crippen molar-refractivity contribution in [2.75, 3.05) is 37.5 Å². The van der Waals surface area contributed by atoms with E-state index in [2.05, 4.69) is 15.0 Å². The SMILES string of the molecule is COCCOc1ncccc1NC(=O)c1ccc(S(=O)(=O)Nc2ccc(OC)cc2)cc1. The van der Waals surface area contributed by atoms with Crippen LogP contribution < -0.4 is 19.5 Å². The third-order valence-corrected chi connectivity index (χ3v) is 5.71. The molecule has 1 heterocycles. The Labute approximate surface area is 186 Å². The van der Waals surface area contributed by atoms with Crippen LogP contribution in [0.5, 0.6) is 11.6 Å². The smallest absolute Gasteiger partial charge is 0.261 e. The van der Waals surface area contributed by atoms with Gasteiger partial charge in [-0.1, -0.05) is 0 Å². The van der Waals surface area contributed by atoms with Gasteiger partial charge in [0.25, 0.3) is 15.9 Å². The Bertz CT molecular complexity index is 1150. The lowest BCUT2D eigenvalue weighted by atomic mass is 10.2. The predicted molar refractivity (Wildman–Crippen MR) is 120 cm³/mol. The molecule has 1 amide bonds. The van der Waals surface area contributed by atoms with Gasteiger partial charge in [0.1, 0.15) is 18.0 Å². The molecule has 0 aliphatic heterocycles. The number of methoxy groups -OCH3 is 2. The van der Waals surface area contributed by atoms with Crippen molar-refractivity contribution in [3.63, 3.8) is 0 Å². The first kappa shape index (κ1) is 23.0. The number of ether oxygens (including phenoxy) is 3. The van der Waals surface area contributed by atoms with Gasteiger partial charge in [0.2, 0.25) is 5.88 Å². The molecule has 0 aliphatic carbocycles. The van der Waals surface area contributed by atoms with Gasteiger partial charge in [-0.15, -0.1) is 0 Å². The lowest BCUT2D eigenvalue weighted by Gasteiger charge is -2.12. The van der Waals surface area contributed by atoms with Crippen LogP contribution in [0, 0.1) is 0 Å². The molecule has 0 fully saturated rings. The van der Waals surface area contributed by atoms with E-state index in [0.29, 0.717) is 23.7 Å². The summed E-state index contributed by atoms with van der Waals surface area (Å²) in [5.74, 6) is 0.451. The van der Waals surface area contributed by atoms with Crippen LogP contribution in [0.2, 0.25) is 0 Å². The number of anilines is 2. The number of nitrogens with zero attached hydrogens (tertiary/aromatic N) is 1. The number of carbonyl (C=O) groups excluding carboxylic acids is 1. The highest BCUT2D eigenvalue weighted by Gasteiger charge is 2.16. The van der Waals surface area contributed by atoms with Gasteiger partial charge in [0.05, 0.1) is 18.6 Å². The van der Waals surface area contributed by atoms with Crippen molar-refractivity contribution in [2.45, 2.75) is 4.90 Å². The Morgan fingerprint density at radius 1 is 0.969 bits per heavy atom. The third kappa shape index (κ3) is 5.96. The fraction of sp³-hybridized carbons (Fsp3) is 0.182. The van der Waals surface area contributed by atoms with Crippen molar-refractivity contribution < 1.29 is 27.4 Å². The fourth-order valence-corrected chi connectivity index (χ4v) is 3.73. The third-order valence-electron chi connectivity index (χ3n) is 4.31. The molecule has 168 valence electrons. The zero-order valence-electron chi connectivity index (χ0n) is 17.6. The quantitative estimate of drug-likeness (QED) is 0.449. The van der Waals surface area contributed by atoms with Gasteiger partial charge in [0, 0.05) is 24.6 Å². The first-order valence-electron chi connectivity index (χ1n) is 9.58. The number of rotatable bonds is 10. The molecule has 2 aromatic carbocycles. The number of pyridine rings is 1. The van der Waals surface area contributed by atoms with Gasteiger partial charge < -0.3 is 19.5 Å². The van der Waals surface area contributed by atoms with Gasteiger partial charge in [-0.25, -0.2) is 13.4 Å². The molecule has 3 rings (SSSR count). The van der Waals surface area contributed by atoms with Crippen molar-refractivity contribution >= 4 is 27.3 Å². The Morgan fingerprint density at radius 2 is 1.69 bits per heavy atom. The molecular formula is C22H23N3O6S. The van der Waals surface area contributed by atoms with E-state index in [0.717, 1.165) is 0 Å². The largest absolute Gasteiger partial charge is 0.497 e. The summed E-state index contributed by atoms with van der Waals surface area (Å²) in [5, 5.41) is 2.72. The maximum atomic E-state index is 12.6. The number of hydrogen-bond donors (Lipinski definition) is 2. The van der Waals surface area contributed by atoms with E-state index in [9.17, 15) is 13.2 Å². The van der Waals surface area contributed by atoms with E-state index in [-0.39, 0.29) is 22.9 Å². The van der Waals surface area contributed by atoms with E-state index in [1.54, 1.807) is 49.7 Å². The Balaban J connectivity index is 1.69. The van der Waals surface area contributed by atoms with E-state index in [4.69, 9.17) is 14.2 Å². The summed E-state index contributed by atoms with van der Waals surface area (Å²) in [6.45, 7) is 0.661. The van der Waals surface area contributed by atoms with Crippen molar-refractivity contribution in [1.29, 1.82) is 0 Å². The molecule has 0 aliphatic rings. The van der Waals surface area contributed by atoms with Crippen LogP contribution >= 0.6 is 0 Å². The van der Waals surface area contributed by atoms with Crippen molar-refractivity contribution in [3.8, 4) is 11.6 Å². The van der Waals surface area contributed by atoms with Crippen LogP contribution in [0.25, 0.3) is 0 Å². The average molecular weight is 458 g/mol. The van der Waals surface area contributed by atoms with Crippen LogP contribution in [0.3, 0.4) is 0 Å². The Kier molecular flexibility index (Phi) is 7.63. The van der Waals surface area contributed by atoms with E-state index in [1.165, 1.54) is 31.4 Å². The number of nitrogens with one attached hydrogen (secondary N) is 2. The second-order valence-electron chi connectivity index (χ2n) is 6.51. The number of sulfonamides is 1. The first-order chi connectivity index (χ1) is 15.4. The molecule has 0 spiro atoms. The highest BCUT2D eigenvalue weighted by molar-refractivity contribution is 7.92. The molecule has 9 nitrogen and oxygen atoms in total. The van der Waals surface area contributed by atoms with Crippen LogP contribution in [0.4, 0.5) is 11.4 Å². The van der Waals surface area contributed by atoms with E-state index < -0.39 is 15.9 Å². The normalized spacial score (nSPS) is 10.9. The molecule has 3 aromatic rings.